The molecule has 0 atom stereocenters. The highest BCUT2D eigenvalue weighted by Crippen LogP contribution is 2.30. The summed E-state index contributed by atoms with van der Waals surface area (Å²) in [5, 5.41) is 11.3. The van der Waals surface area contributed by atoms with E-state index in [4.69, 9.17) is 39.2 Å². The fourth-order valence-corrected chi connectivity index (χ4v) is 4.31. The maximum absolute atomic E-state index is 12.6. The Kier molecular flexibility index (Phi) is 6.57. The molecule has 1 aromatic heterocycles. The molecule has 0 aliphatic rings. The van der Waals surface area contributed by atoms with E-state index in [2.05, 4.69) is 20.2 Å². The molecule has 8 nitrogen and oxygen atoms in total. The van der Waals surface area contributed by atoms with Gasteiger partial charge in [-0.3, -0.25) is 14.8 Å². The van der Waals surface area contributed by atoms with E-state index in [-0.39, 0.29) is 28.1 Å². The van der Waals surface area contributed by atoms with Crippen molar-refractivity contribution in [3.63, 3.8) is 0 Å². The maximum atomic E-state index is 12.6. The summed E-state index contributed by atoms with van der Waals surface area (Å²) in [6.07, 6.45) is 0. The van der Waals surface area contributed by atoms with Gasteiger partial charge in [-0.15, -0.1) is 5.10 Å². The van der Waals surface area contributed by atoms with Gasteiger partial charge in [-0.05, 0) is 60.7 Å². The van der Waals surface area contributed by atoms with Gasteiger partial charge in [0.1, 0.15) is 0 Å². The second-order valence-electron chi connectivity index (χ2n) is 6.63. The third-order valence-corrected chi connectivity index (χ3v) is 6.52. The molecule has 1 heterocycles. The number of carbonyl (C=O) groups is 1. The summed E-state index contributed by atoms with van der Waals surface area (Å²) >= 11 is 17.9. The number of nitrogens with zero attached hydrogens (tertiary/aromatic N) is 2. The second-order valence-corrected chi connectivity index (χ2v) is 9.59. The Morgan fingerprint density at radius 2 is 1.61 bits per heavy atom. The van der Waals surface area contributed by atoms with E-state index in [1.165, 1.54) is 48.5 Å². The van der Waals surface area contributed by atoms with Gasteiger partial charge < -0.3 is 4.42 Å². The molecule has 2 N–H and O–H groups in total. The molecule has 0 spiro atoms. The zero-order chi connectivity index (χ0) is 23.6. The average Bonchev–Trinajstić information content (AvgIpc) is 3.24. The van der Waals surface area contributed by atoms with Crippen LogP contribution in [0.3, 0.4) is 0 Å². The first-order valence-corrected chi connectivity index (χ1v) is 11.8. The van der Waals surface area contributed by atoms with Gasteiger partial charge in [0.2, 0.25) is 0 Å². The fraction of sp³-hybridized carbons (Fsp3) is 0. The first-order chi connectivity index (χ1) is 15.7. The van der Waals surface area contributed by atoms with E-state index >= 15 is 0 Å². The summed E-state index contributed by atoms with van der Waals surface area (Å²) in [5.41, 5.74) is 0.761. The van der Waals surface area contributed by atoms with Crippen LogP contribution in [-0.2, 0) is 10.0 Å². The van der Waals surface area contributed by atoms with Crippen LogP contribution in [0.5, 0.6) is 0 Å². The van der Waals surface area contributed by atoms with Crippen molar-refractivity contribution in [2.45, 2.75) is 4.90 Å². The number of hydrogen-bond acceptors (Lipinski definition) is 6. The Labute approximate surface area is 203 Å². The van der Waals surface area contributed by atoms with Crippen molar-refractivity contribution in [3.05, 3.63) is 87.4 Å². The Morgan fingerprint density at radius 3 is 2.36 bits per heavy atom. The van der Waals surface area contributed by atoms with Crippen LogP contribution in [-0.4, -0.2) is 24.5 Å². The van der Waals surface area contributed by atoms with E-state index < -0.39 is 15.9 Å². The molecular weight excluding hydrogens is 511 g/mol. The first-order valence-electron chi connectivity index (χ1n) is 9.20. The van der Waals surface area contributed by atoms with Gasteiger partial charge in [0.15, 0.2) is 0 Å². The Balaban J connectivity index is 1.50. The van der Waals surface area contributed by atoms with Crippen LogP contribution in [0.15, 0.2) is 76.0 Å². The molecule has 1 amide bonds. The minimum Gasteiger partial charge on any atom is -0.403 e. The lowest BCUT2D eigenvalue weighted by Gasteiger charge is -2.09. The summed E-state index contributed by atoms with van der Waals surface area (Å²) in [5.74, 6) is -0.516. The summed E-state index contributed by atoms with van der Waals surface area (Å²) in [4.78, 5) is 12.7. The zero-order valence-electron chi connectivity index (χ0n) is 16.4. The summed E-state index contributed by atoms with van der Waals surface area (Å²) in [7, 11) is -3.87. The average molecular weight is 524 g/mol. The van der Waals surface area contributed by atoms with Crippen LogP contribution >= 0.6 is 34.8 Å². The summed E-state index contributed by atoms with van der Waals surface area (Å²) in [6, 6.07) is 16.2. The van der Waals surface area contributed by atoms with E-state index in [1.807, 2.05) is 0 Å². The number of halogens is 3. The van der Waals surface area contributed by atoms with E-state index in [0.29, 0.717) is 20.6 Å². The van der Waals surface area contributed by atoms with Crippen molar-refractivity contribution in [2.75, 3.05) is 10.0 Å². The van der Waals surface area contributed by atoms with Crippen molar-refractivity contribution in [3.8, 4) is 11.5 Å². The van der Waals surface area contributed by atoms with E-state index in [1.54, 1.807) is 18.2 Å². The van der Waals surface area contributed by atoms with Crippen molar-refractivity contribution in [1.82, 2.24) is 10.2 Å². The topological polar surface area (TPSA) is 114 Å². The summed E-state index contributed by atoms with van der Waals surface area (Å²) < 4.78 is 33.0. The lowest BCUT2D eigenvalue weighted by molar-refractivity contribution is 0.102. The van der Waals surface area contributed by atoms with Gasteiger partial charge in [-0.25, -0.2) is 8.42 Å². The predicted molar refractivity (Wildman–Crippen MR) is 126 cm³/mol. The number of hydrogen-bond donors (Lipinski definition) is 2. The van der Waals surface area contributed by atoms with Crippen molar-refractivity contribution < 1.29 is 17.6 Å². The predicted octanol–water partition coefficient (Wildman–Crippen LogP) is 5.75. The van der Waals surface area contributed by atoms with Gasteiger partial charge >= 0.3 is 6.01 Å². The minimum absolute atomic E-state index is 0.0276. The van der Waals surface area contributed by atoms with E-state index in [9.17, 15) is 13.2 Å². The number of nitrogens with one attached hydrogen (secondary N) is 2. The van der Waals surface area contributed by atoms with Gasteiger partial charge in [0, 0.05) is 21.3 Å². The Hall–Kier alpha value is -3.11. The monoisotopic (exact) mass is 522 g/mol. The zero-order valence-corrected chi connectivity index (χ0v) is 19.5. The van der Waals surface area contributed by atoms with Crippen LogP contribution in [0.2, 0.25) is 15.1 Å². The number of aromatic nitrogens is 2. The van der Waals surface area contributed by atoms with Gasteiger partial charge in [-0.2, -0.15) is 0 Å². The molecule has 0 bridgehead atoms. The Morgan fingerprint density at radius 1 is 0.879 bits per heavy atom. The largest absolute Gasteiger partial charge is 0.403 e. The molecule has 4 rings (SSSR count). The third-order valence-electron chi connectivity index (χ3n) is 4.31. The number of amides is 1. The molecule has 33 heavy (non-hydrogen) atoms. The van der Waals surface area contributed by atoms with Crippen LogP contribution in [0.25, 0.3) is 11.5 Å². The normalized spacial score (nSPS) is 11.2. The number of rotatable bonds is 6. The first kappa shape index (κ1) is 23.1. The molecule has 0 aliphatic carbocycles. The molecule has 12 heteroatoms. The molecule has 0 aliphatic heterocycles. The highest BCUT2D eigenvalue weighted by Gasteiger charge is 2.17. The van der Waals surface area contributed by atoms with Crippen LogP contribution in [0.4, 0.5) is 11.7 Å². The molecular formula is C21H13Cl3N4O4S. The molecule has 0 saturated heterocycles. The standard InChI is InChI=1S/C21H13Cl3N4O4S/c22-13-4-7-16(8-5-13)33(30,31)28-15-3-1-2-12(10-15)19(29)25-21-27-26-20(32-21)17-11-14(23)6-9-18(17)24/h1-11,28H,(H,25,27,29). The quantitative estimate of drug-likeness (QED) is 0.333. The smallest absolute Gasteiger partial charge is 0.322 e. The molecule has 0 radical (unpaired) electrons. The Bertz CT molecular complexity index is 1440. The molecule has 168 valence electrons. The van der Waals surface area contributed by atoms with Crippen LogP contribution in [0, 0.1) is 0 Å². The van der Waals surface area contributed by atoms with Gasteiger partial charge in [0.05, 0.1) is 15.5 Å². The molecule has 0 saturated carbocycles. The van der Waals surface area contributed by atoms with Crippen molar-refractivity contribution >= 4 is 62.4 Å². The van der Waals surface area contributed by atoms with Gasteiger partial charge in [0.25, 0.3) is 21.8 Å². The maximum Gasteiger partial charge on any atom is 0.322 e. The summed E-state index contributed by atoms with van der Waals surface area (Å²) in [6.45, 7) is 0. The van der Waals surface area contributed by atoms with Crippen LogP contribution in [0.1, 0.15) is 10.4 Å². The van der Waals surface area contributed by atoms with Crippen LogP contribution < -0.4 is 10.0 Å². The molecule has 0 fully saturated rings. The number of anilines is 2. The number of carbonyl (C=O) groups excluding carboxylic acids is 1. The number of benzene rings is 3. The van der Waals surface area contributed by atoms with Gasteiger partial charge in [-0.1, -0.05) is 46.0 Å². The lowest BCUT2D eigenvalue weighted by atomic mass is 10.2. The van der Waals surface area contributed by atoms with E-state index in [0.717, 1.165) is 0 Å². The minimum atomic E-state index is -3.87. The van der Waals surface area contributed by atoms with Crippen molar-refractivity contribution in [1.29, 1.82) is 0 Å². The molecule has 4 aromatic rings. The lowest BCUT2D eigenvalue weighted by Crippen LogP contribution is -2.15. The third kappa shape index (κ3) is 5.45. The highest BCUT2D eigenvalue weighted by atomic mass is 35.5. The molecule has 3 aromatic carbocycles. The van der Waals surface area contributed by atoms with Crippen molar-refractivity contribution in [2.24, 2.45) is 0 Å². The SMILES string of the molecule is O=C(Nc1nnc(-c2cc(Cl)ccc2Cl)o1)c1cccc(NS(=O)(=O)c2ccc(Cl)cc2)c1. The molecule has 0 unspecified atom stereocenters. The second kappa shape index (κ2) is 9.40. The number of sulfonamides is 1. The fourth-order valence-electron chi connectivity index (χ4n) is 2.77. The highest BCUT2D eigenvalue weighted by molar-refractivity contribution is 7.92.